The minimum Gasteiger partial charge on any atom is -0.336 e. The fraction of sp³-hybridized carbons (Fsp3) is 0.280. The molecule has 2 aromatic carbocycles. The highest BCUT2D eigenvalue weighted by molar-refractivity contribution is 7.12. The van der Waals surface area contributed by atoms with E-state index in [1.807, 2.05) is 17.5 Å². The standard InChI is InChI=1S/C25H24Cl2FN3O2S/c26-19-5-8-21(22(27)16-19)24(32)30-12-9-29(10-13-30)11-14-31(25(33)23-2-1-15-34-23)17-18-3-6-20(28)7-4-18/h1-8,15-16H,9-14,17H2. The van der Waals surface area contributed by atoms with Crippen molar-refractivity contribution < 1.29 is 14.0 Å². The predicted octanol–water partition coefficient (Wildman–Crippen LogP) is 5.29. The summed E-state index contributed by atoms with van der Waals surface area (Å²) in [5.74, 6) is -0.440. The molecule has 0 aliphatic carbocycles. The van der Waals surface area contributed by atoms with Crippen LogP contribution in [-0.2, 0) is 6.54 Å². The molecule has 0 spiro atoms. The first-order chi connectivity index (χ1) is 16.4. The lowest BCUT2D eigenvalue weighted by Gasteiger charge is -2.36. The third-order valence-electron chi connectivity index (χ3n) is 5.81. The molecule has 34 heavy (non-hydrogen) atoms. The summed E-state index contributed by atoms with van der Waals surface area (Å²) in [5, 5.41) is 2.73. The number of halogens is 3. The van der Waals surface area contributed by atoms with E-state index in [9.17, 15) is 14.0 Å². The first-order valence-electron chi connectivity index (χ1n) is 10.9. The maximum atomic E-state index is 13.3. The van der Waals surface area contributed by atoms with Crippen molar-refractivity contribution in [2.24, 2.45) is 0 Å². The number of nitrogens with zero attached hydrogens (tertiary/aromatic N) is 3. The lowest BCUT2D eigenvalue weighted by Crippen LogP contribution is -2.50. The van der Waals surface area contributed by atoms with Gasteiger partial charge in [0.15, 0.2) is 0 Å². The van der Waals surface area contributed by atoms with Crippen LogP contribution in [0.25, 0.3) is 0 Å². The van der Waals surface area contributed by atoms with Gasteiger partial charge in [-0.05, 0) is 47.3 Å². The molecule has 2 amide bonds. The molecule has 3 aromatic rings. The zero-order valence-electron chi connectivity index (χ0n) is 18.4. The highest BCUT2D eigenvalue weighted by Crippen LogP contribution is 2.23. The molecule has 0 saturated carbocycles. The van der Waals surface area contributed by atoms with Crippen LogP contribution in [0.4, 0.5) is 4.39 Å². The molecule has 1 fully saturated rings. The number of carbonyl (C=O) groups excluding carboxylic acids is 2. The van der Waals surface area contributed by atoms with E-state index >= 15 is 0 Å². The Kier molecular flexibility index (Phi) is 8.21. The Morgan fingerprint density at radius 2 is 1.74 bits per heavy atom. The van der Waals surface area contributed by atoms with Crippen molar-refractivity contribution in [2.75, 3.05) is 39.3 Å². The summed E-state index contributed by atoms with van der Waals surface area (Å²) < 4.78 is 13.3. The van der Waals surface area contributed by atoms with Gasteiger partial charge >= 0.3 is 0 Å². The van der Waals surface area contributed by atoms with Gasteiger partial charge in [0.2, 0.25) is 0 Å². The zero-order valence-corrected chi connectivity index (χ0v) is 20.8. The molecule has 0 radical (unpaired) electrons. The molecule has 0 N–H and O–H groups in total. The highest BCUT2D eigenvalue weighted by Gasteiger charge is 2.25. The van der Waals surface area contributed by atoms with Gasteiger partial charge in [0.25, 0.3) is 11.8 Å². The van der Waals surface area contributed by atoms with Crippen LogP contribution in [0.1, 0.15) is 25.6 Å². The van der Waals surface area contributed by atoms with Crippen LogP contribution in [0.2, 0.25) is 10.0 Å². The summed E-state index contributed by atoms with van der Waals surface area (Å²) in [4.78, 5) is 32.4. The van der Waals surface area contributed by atoms with Crippen LogP contribution < -0.4 is 0 Å². The smallest absolute Gasteiger partial charge is 0.264 e. The molecule has 9 heteroatoms. The molecule has 4 rings (SSSR count). The third kappa shape index (κ3) is 6.16. The normalized spacial score (nSPS) is 14.3. The average Bonchev–Trinajstić information content (AvgIpc) is 3.38. The fourth-order valence-corrected chi connectivity index (χ4v) is 5.07. The van der Waals surface area contributed by atoms with Gasteiger partial charge in [0.1, 0.15) is 5.82 Å². The van der Waals surface area contributed by atoms with Crippen molar-refractivity contribution in [1.29, 1.82) is 0 Å². The lowest BCUT2D eigenvalue weighted by atomic mass is 10.1. The molecule has 1 aliphatic rings. The number of piperazine rings is 1. The van der Waals surface area contributed by atoms with Crippen LogP contribution in [0, 0.1) is 5.82 Å². The van der Waals surface area contributed by atoms with Crippen molar-refractivity contribution in [3.05, 3.63) is 91.8 Å². The fourth-order valence-electron chi connectivity index (χ4n) is 3.89. The Hall–Kier alpha value is -2.45. The van der Waals surface area contributed by atoms with Crippen LogP contribution in [0.15, 0.2) is 60.0 Å². The number of hydrogen-bond donors (Lipinski definition) is 0. The Labute approximate surface area is 212 Å². The molecule has 178 valence electrons. The van der Waals surface area contributed by atoms with Crippen LogP contribution in [0.5, 0.6) is 0 Å². The first kappa shape index (κ1) is 24.7. The number of rotatable bonds is 7. The van der Waals surface area contributed by atoms with Crippen molar-refractivity contribution in [1.82, 2.24) is 14.7 Å². The van der Waals surface area contributed by atoms with E-state index in [4.69, 9.17) is 23.2 Å². The molecular formula is C25H24Cl2FN3O2S. The number of carbonyl (C=O) groups is 2. The summed E-state index contributed by atoms with van der Waals surface area (Å²) in [7, 11) is 0. The number of benzene rings is 2. The van der Waals surface area contributed by atoms with Crippen LogP contribution in [0.3, 0.4) is 0 Å². The van der Waals surface area contributed by atoms with Gasteiger partial charge in [-0.15, -0.1) is 11.3 Å². The molecule has 1 aromatic heterocycles. The van der Waals surface area contributed by atoms with Gasteiger partial charge in [0, 0.05) is 50.8 Å². The van der Waals surface area contributed by atoms with E-state index in [0.29, 0.717) is 66.3 Å². The quantitative estimate of drug-likeness (QED) is 0.425. The summed E-state index contributed by atoms with van der Waals surface area (Å²) in [6.07, 6.45) is 0. The first-order valence-corrected chi connectivity index (χ1v) is 12.6. The van der Waals surface area contributed by atoms with Gasteiger partial charge in [-0.1, -0.05) is 41.4 Å². The van der Waals surface area contributed by atoms with E-state index in [1.165, 1.54) is 23.5 Å². The summed E-state index contributed by atoms with van der Waals surface area (Å²) in [6.45, 7) is 4.18. The third-order valence-corrected chi connectivity index (χ3v) is 7.22. The van der Waals surface area contributed by atoms with Gasteiger partial charge < -0.3 is 9.80 Å². The van der Waals surface area contributed by atoms with Gasteiger partial charge in [-0.2, -0.15) is 0 Å². The monoisotopic (exact) mass is 519 g/mol. The van der Waals surface area contributed by atoms with Crippen LogP contribution >= 0.6 is 34.5 Å². The van der Waals surface area contributed by atoms with Crippen LogP contribution in [-0.4, -0.2) is 65.8 Å². The summed E-state index contributed by atoms with van der Waals surface area (Å²) >= 11 is 13.6. The zero-order chi connectivity index (χ0) is 24.1. The number of hydrogen-bond acceptors (Lipinski definition) is 4. The average molecular weight is 520 g/mol. The Balaban J connectivity index is 1.35. The lowest BCUT2D eigenvalue weighted by molar-refractivity contribution is 0.0600. The van der Waals surface area contributed by atoms with E-state index in [0.717, 1.165) is 5.56 Å². The topological polar surface area (TPSA) is 43.9 Å². The second kappa shape index (κ2) is 11.3. The van der Waals surface area contributed by atoms with E-state index < -0.39 is 0 Å². The summed E-state index contributed by atoms with van der Waals surface area (Å²) in [5.41, 5.74) is 1.33. The van der Waals surface area contributed by atoms with E-state index in [1.54, 1.807) is 40.1 Å². The number of thiophene rings is 1. The minimum atomic E-state index is -0.299. The maximum absolute atomic E-state index is 13.3. The van der Waals surface area contributed by atoms with Gasteiger partial charge in [0.05, 0.1) is 15.5 Å². The Bertz CT molecular complexity index is 1130. The van der Waals surface area contributed by atoms with Crippen molar-refractivity contribution in [3.8, 4) is 0 Å². The minimum absolute atomic E-state index is 0.0366. The molecule has 0 bridgehead atoms. The van der Waals surface area contributed by atoms with E-state index in [2.05, 4.69) is 4.90 Å². The van der Waals surface area contributed by atoms with Crippen molar-refractivity contribution in [3.63, 3.8) is 0 Å². The molecular weight excluding hydrogens is 496 g/mol. The SMILES string of the molecule is O=C(c1cccs1)N(CCN1CCN(C(=O)c2ccc(Cl)cc2Cl)CC1)Cc1ccc(F)cc1. The van der Waals surface area contributed by atoms with Crippen molar-refractivity contribution >= 4 is 46.4 Å². The second-order valence-electron chi connectivity index (χ2n) is 8.09. The Morgan fingerprint density at radius 1 is 1.00 bits per heavy atom. The van der Waals surface area contributed by atoms with Crippen molar-refractivity contribution in [2.45, 2.75) is 6.54 Å². The molecule has 1 saturated heterocycles. The van der Waals surface area contributed by atoms with Gasteiger partial charge in [-0.3, -0.25) is 14.5 Å². The Morgan fingerprint density at radius 3 is 2.38 bits per heavy atom. The molecule has 1 aliphatic heterocycles. The molecule has 2 heterocycles. The van der Waals surface area contributed by atoms with Gasteiger partial charge in [-0.25, -0.2) is 4.39 Å². The molecule has 0 atom stereocenters. The largest absolute Gasteiger partial charge is 0.336 e. The molecule has 5 nitrogen and oxygen atoms in total. The predicted molar refractivity (Wildman–Crippen MR) is 134 cm³/mol. The maximum Gasteiger partial charge on any atom is 0.264 e. The molecule has 0 unspecified atom stereocenters. The summed E-state index contributed by atoms with van der Waals surface area (Å²) in [6, 6.07) is 14.8. The highest BCUT2D eigenvalue weighted by atomic mass is 35.5. The number of amides is 2. The van der Waals surface area contributed by atoms with E-state index in [-0.39, 0.29) is 17.6 Å². The second-order valence-corrected chi connectivity index (χ2v) is 9.88.